The third-order valence-corrected chi connectivity index (χ3v) is 3.38. The third kappa shape index (κ3) is 2.68. The Hall–Kier alpha value is -0.890. The Balaban J connectivity index is 2.43. The van der Waals surface area contributed by atoms with Gasteiger partial charge in [-0.3, -0.25) is 0 Å². The Morgan fingerprint density at radius 3 is 2.65 bits per heavy atom. The minimum atomic E-state index is -0.807. The lowest BCUT2D eigenvalue weighted by Crippen LogP contribution is -2.22. The first kappa shape index (κ1) is 12.6. The van der Waals surface area contributed by atoms with Gasteiger partial charge in [-0.2, -0.15) is 0 Å². The van der Waals surface area contributed by atoms with E-state index in [1.807, 2.05) is 6.08 Å². The molecule has 0 N–H and O–H groups in total. The monoisotopic (exact) mass is 256 g/mol. The fourth-order valence-corrected chi connectivity index (χ4v) is 2.96. The Morgan fingerprint density at radius 1 is 1.29 bits per heavy atom. The standard InChI is InChI=1S/C14H15ClF2/c1-14(2)7-9(6-10(15)8-14)11-4-3-5-12(16)13(11)17/h3-6,10H,7-8H2,1-2H3. The largest absolute Gasteiger partial charge is 0.204 e. The molecule has 0 bridgehead atoms. The van der Waals surface area contributed by atoms with Gasteiger partial charge >= 0.3 is 0 Å². The number of hydrogen-bond donors (Lipinski definition) is 0. The summed E-state index contributed by atoms with van der Waals surface area (Å²) in [6.45, 7) is 4.18. The summed E-state index contributed by atoms with van der Waals surface area (Å²) in [4.78, 5) is 0. The lowest BCUT2D eigenvalue weighted by Gasteiger charge is -2.32. The summed E-state index contributed by atoms with van der Waals surface area (Å²) >= 11 is 6.15. The van der Waals surface area contributed by atoms with Crippen molar-refractivity contribution in [3.05, 3.63) is 41.5 Å². The Bertz CT molecular complexity index is 463. The molecule has 2 rings (SSSR count). The summed E-state index contributed by atoms with van der Waals surface area (Å²) in [5.74, 6) is -1.58. The molecule has 1 unspecified atom stereocenters. The van der Waals surface area contributed by atoms with E-state index >= 15 is 0 Å². The second-order valence-electron chi connectivity index (χ2n) is 5.35. The van der Waals surface area contributed by atoms with Crippen LogP contribution in [0.25, 0.3) is 5.57 Å². The molecule has 0 heterocycles. The first-order valence-electron chi connectivity index (χ1n) is 5.68. The van der Waals surface area contributed by atoms with Crippen molar-refractivity contribution in [1.82, 2.24) is 0 Å². The normalized spacial score (nSPS) is 23.4. The van der Waals surface area contributed by atoms with Gasteiger partial charge in [-0.15, -0.1) is 11.6 Å². The molecule has 1 aromatic rings. The zero-order valence-corrected chi connectivity index (χ0v) is 10.7. The molecule has 3 heteroatoms. The molecule has 0 amide bonds. The predicted molar refractivity (Wildman–Crippen MR) is 67.0 cm³/mol. The van der Waals surface area contributed by atoms with E-state index in [4.69, 9.17) is 11.6 Å². The number of allylic oxidation sites excluding steroid dienone is 2. The number of hydrogen-bond acceptors (Lipinski definition) is 0. The first-order chi connectivity index (χ1) is 7.89. The molecule has 1 atom stereocenters. The third-order valence-electron chi connectivity index (χ3n) is 3.10. The minimum Gasteiger partial charge on any atom is -0.204 e. The molecule has 0 nitrogen and oxygen atoms in total. The van der Waals surface area contributed by atoms with Crippen molar-refractivity contribution in [1.29, 1.82) is 0 Å². The highest BCUT2D eigenvalue weighted by Crippen LogP contribution is 2.41. The topological polar surface area (TPSA) is 0 Å². The number of alkyl halides is 1. The van der Waals surface area contributed by atoms with Gasteiger partial charge in [0.1, 0.15) is 0 Å². The highest BCUT2D eigenvalue weighted by atomic mass is 35.5. The second-order valence-corrected chi connectivity index (χ2v) is 5.91. The van der Waals surface area contributed by atoms with Gasteiger partial charge in [0.25, 0.3) is 0 Å². The first-order valence-corrected chi connectivity index (χ1v) is 6.12. The average molecular weight is 257 g/mol. The summed E-state index contributed by atoms with van der Waals surface area (Å²) in [6.07, 6.45) is 3.41. The van der Waals surface area contributed by atoms with E-state index in [0.29, 0.717) is 5.56 Å². The van der Waals surface area contributed by atoms with Crippen LogP contribution >= 0.6 is 11.6 Å². The zero-order chi connectivity index (χ0) is 12.6. The molecule has 0 saturated heterocycles. The summed E-state index contributed by atoms with van der Waals surface area (Å²) in [7, 11) is 0. The molecule has 1 aliphatic rings. The van der Waals surface area contributed by atoms with Gasteiger partial charge in [-0.05, 0) is 29.9 Å². The maximum Gasteiger partial charge on any atom is 0.166 e. The van der Waals surface area contributed by atoms with Crippen molar-refractivity contribution in [3.63, 3.8) is 0 Å². The summed E-state index contributed by atoms with van der Waals surface area (Å²) in [6, 6.07) is 4.26. The van der Waals surface area contributed by atoms with Gasteiger partial charge in [0, 0.05) is 5.56 Å². The van der Waals surface area contributed by atoms with Crippen LogP contribution < -0.4 is 0 Å². The summed E-state index contributed by atoms with van der Waals surface area (Å²) in [5.41, 5.74) is 1.16. The molecule has 1 aliphatic carbocycles. The molecule has 0 spiro atoms. The number of halogens is 3. The van der Waals surface area contributed by atoms with Gasteiger partial charge in [0.2, 0.25) is 0 Å². The van der Waals surface area contributed by atoms with Crippen LogP contribution in [0.1, 0.15) is 32.3 Å². The highest BCUT2D eigenvalue weighted by Gasteiger charge is 2.29. The van der Waals surface area contributed by atoms with Crippen LogP contribution in [-0.4, -0.2) is 5.38 Å². The Kier molecular flexibility index (Phi) is 3.26. The molecule has 92 valence electrons. The van der Waals surface area contributed by atoms with E-state index in [9.17, 15) is 8.78 Å². The van der Waals surface area contributed by atoms with Gasteiger partial charge in [0.15, 0.2) is 11.6 Å². The van der Waals surface area contributed by atoms with E-state index in [0.717, 1.165) is 24.5 Å². The van der Waals surface area contributed by atoms with Crippen LogP contribution in [0.15, 0.2) is 24.3 Å². The molecular weight excluding hydrogens is 242 g/mol. The van der Waals surface area contributed by atoms with Crippen LogP contribution in [0.2, 0.25) is 0 Å². The van der Waals surface area contributed by atoms with Crippen LogP contribution in [0.3, 0.4) is 0 Å². The molecule has 0 radical (unpaired) electrons. The molecule has 17 heavy (non-hydrogen) atoms. The fourth-order valence-electron chi connectivity index (χ4n) is 2.39. The maximum absolute atomic E-state index is 13.7. The van der Waals surface area contributed by atoms with E-state index in [2.05, 4.69) is 13.8 Å². The van der Waals surface area contributed by atoms with Gasteiger partial charge < -0.3 is 0 Å². The van der Waals surface area contributed by atoms with Crippen molar-refractivity contribution in [2.45, 2.75) is 32.1 Å². The lowest BCUT2D eigenvalue weighted by atomic mass is 9.75. The molecular formula is C14H15ClF2. The quantitative estimate of drug-likeness (QED) is 0.635. The van der Waals surface area contributed by atoms with E-state index in [-0.39, 0.29) is 10.8 Å². The predicted octanol–water partition coefficient (Wildman–Crippen LogP) is 4.78. The highest BCUT2D eigenvalue weighted by molar-refractivity contribution is 6.22. The number of benzene rings is 1. The van der Waals surface area contributed by atoms with Crippen molar-refractivity contribution in [2.75, 3.05) is 0 Å². The van der Waals surface area contributed by atoms with Gasteiger partial charge in [0.05, 0.1) is 5.38 Å². The zero-order valence-electron chi connectivity index (χ0n) is 9.93. The second kappa shape index (κ2) is 4.41. The Morgan fingerprint density at radius 2 is 2.00 bits per heavy atom. The van der Waals surface area contributed by atoms with E-state index in [1.54, 1.807) is 6.07 Å². The molecule has 0 aliphatic heterocycles. The summed E-state index contributed by atoms with van der Waals surface area (Å²) in [5, 5.41) is -0.114. The van der Waals surface area contributed by atoms with Crippen LogP contribution in [0.5, 0.6) is 0 Å². The van der Waals surface area contributed by atoms with Gasteiger partial charge in [-0.1, -0.05) is 32.1 Å². The minimum absolute atomic E-state index is 0.0231. The van der Waals surface area contributed by atoms with Crippen LogP contribution in [-0.2, 0) is 0 Å². The van der Waals surface area contributed by atoms with E-state index in [1.165, 1.54) is 6.07 Å². The lowest BCUT2D eigenvalue weighted by molar-refractivity contribution is 0.339. The van der Waals surface area contributed by atoms with Crippen LogP contribution in [0.4, 0.5) is 8.78 Å². The van der Waals surface area contributed by atoms with E-state index < -0.39 is 11.6 Å². The summed E-state index contributed by atoms with van der Waals surface area (Å²) < 4.78 is 26.9. The van der Waals surface area contributed by atoms with Crippen molar-refractivity contribution in [2.24, 2.45) is 5.41 Å². The number of rotatable bonds is 1. The maximum atomic E-state index is 13.7. The van der Waals surface area contributed by atoms with Crippen molar-refractivity contribution >= 4 is 17.2 Å². The molecule has 0 fully saturated rings. The average Bonchev–Trinajstić information content (AvgIpc) is 2.19. The molecule has 1 aromatic carbocycles. The fraction of sp³-hybridized carbons (Fsp3) is 0.429. The SMILES string of the molecule is CC1(C)CC(c2cccc(F)c2F)=CC(Cl)C1. The van der Waals surface area contributed by atoms with Gasteiger partial charge in [-0.25, -0.2) is 8.78 Å². The van der Waals surface area contributed by atoms with Crippen molar-refractivity contribution in [3.8, 4) is 0 Å². The molecule has 0 aromatic heterocycles. The Labute approximate surface area is 105 Å². The van der Waals surface area contributed by atoms with Crippen molar-refractivity contribution < 1.29 is 8.78 Å². The smallest absolute Gasteiger partial charge is 0.166 e. The molecule has 0 saturated carbocycles. The van der Waals surface area contributed by atoms with Crippen LogP contribution in [0, 0.1) is 17.0 Å².